The van der Waals surface area contributed by atoms with E-state index in [0.717, 1.165) is 5.56 Å². The number of fused-ring (bicyclic) bond motifs is 1. The first kappa shape index (κ1) is 26.6. The summed E-state index contributed by atoms with van der Waals surface area (Å²) in [4.78, 5) is 40.1. The molecule has 3 aromatic rings. The van der Waals surface area contributed by atoms with Gasteiger partial charge in [0.15, 0.2) is 5.69 Å². The van der Waals surface area contributed by atoms with Crippen LogP contribution in [0.2, 0.25) is 0 Å². The van der Waals surface area contributed by atoms with Crippen molar-refractivity contribution >= 4 is 11.8 Å². The zero-order valence-corrected chi connectivity index (χ0v) is 20.4. The fraction of sp³-hybridized carbons (Fsp3) is 0.308. The van der Waals surface area contributed by atoms with Crippen molar-refractivity contribution in [1.82, 2.24) is 14.9 Å². The number of nitrogens with two attached hydrogens (primary N) is 1. The van der Waals surface area contributed by atoms with Gasteiger partial charge in [0.2, 0.25) is 11.7 Å². The van der Waals surface area contributed by atoms with Crippen LogP contribution in [-0.4, -0.2) is 28.0 Å². The highest BCUT2D eigenvalue weighted by Crippen LogP contribution is 2.28. The Bertz CT molecular complexity index is 1270. The number of hydrogen-bond donors (Lipinski definition) is 2. The highest BCUT2D eigenvalue weighted by atomic mass is 19.1. The van der Waals surface area contributed by atoms with Crippen molar-refractivity contribution < 1.29 is 23.5 Å². The number of ether oxygens (including phenoxy) is 2. The Balaban J connectivity index is 0.000000840. The fourth-order valence-corrected chi connectivity index (χ4v) is 3.54. The Kier molecular flexibility index (Phi) is 8.55. The van der Waals surface area contributed by atoms with Crippen molar-refractivity contribution in [3.8, 4) is 5.75 Å². The second-order valence-corrected chi connectivity index (χ2v) is 8.62. The van der Waals surface area contributed by atoms with E-state index in [0.29, 0.717) is 24.5 Å². The fourth-order valence-electron chi connectivity index (χ4n) is 3.54. The van der Waals surface area contributed by atoms with Gasteiger partial charge in [-0.15, -0.1) is 0 Å². The first-order valence-electron chi connectivity index (χ1n) is 11.3. The number of carbonyl (C=O) groups excluding carboxylic acids is 2. The summed E-state index contributed by atoms with van der Waals surface area (Å²) in [6.45, 7) is 5.86. The third-order valence-corrected chi connectivity index (χ3v) is 5.25. The van der Waals surface area contributed by atoms with Crippen molar-refractivity contribution in [3.05, 3.63) is 93.4 Å². The number of nitrogens with zero attached hydrogens (tertiary/aromatic N) is 2. The van der Waals surface area contributed by atoms with Gasteiger partial charge < -0.3 is 20.5 Å². The summed E-state index contributed by atoms with van der Waals surface area (Å²) < 4.78 is 26.2. The van der Waals surface area contributed by atoms with E-state index in [1.807, 2.05) is 30.3 Å². The first-order valence-corrected chi connectivity index (χ1v) is 11.3. The summed E-state index contributed by atoms with van der Waals surface area (Å²) in [6, 6.07) is 15.2. The van der Waals surface area contributed by atoms with E-state index in [1.165, 1.54) is 23.6 Å². The Labute approximate surface area is 208 Å². The highest BCUT2D eigenvalue weighted by molar-refractivity contribution is 5.94. The maximum atomic E-state index is 13.3. The molecule has 1 aliphatic heterocycles. The maximum absolute atomic E-state index is 13.3. The van der Waals surface area contributed by atoms with Crippen LogP contribution >= 0.6 is 0 Å². The average molecular weight is 497 g/mol. The Morgan fingerprint density at radius 3 is 2.42 bits per heavy atom. The molecule has 0 atom stereocenters. The molecule has 0 radical (unpaired) electrons. The van der Waals surface area contributed by atoms with Gasteiger partial charge >= 0.3 is 0 Å². The molecule has 0 unspecified atom stereocenters. The van der Waals surface area contributed by atoms with Gasteiger partial charge in [0, 0.05) is 13.5 Å². The normalized spacial score (nSPS) is 13.6. The van der Waals surface area contributed by atoms with Crippen molar-refractivity contribution in [2.24, 2.45) is 5.73 Å². The number of amides is 2. The van der Waals surface area contributed by atoms with E-state index >= 15 is 0 Å². The molecule has 3 N–H and O–H groups in total. The lowest BCUT2D eigenvalue weighted by atomic mass is 10.1. The molecule has 0 saturated carbocycles. The van der Waals surface area contributed by atoms with Crippen molar-refractivity contribution in [1.29, 1.82) is 0 Å². The lowest BCUT2D eigenvalue weighted by Crippen LogP contribution is -2.43. The van der Waals surface area contributed by atoms with Crippen LogP contribution in [-0.2, 0) is 34.8 Å². The minimum Gasteiger partial charge on any atom is -0.481 e. The SMILES string of the molecule is CC(N)=O.CC1(C)OCCn2c1nc(C(=O)NCc1ccc(F)cc1)c(OCc1ccccc1)c2=O. The lowest BCUT2D eigenvalue weighted by Gasteiger charge is -2.32. The number of benzene rings is 2. The minimum atomic E-state index is -0.832. The number of hydrogen-bond acceptors (Lipinski definition) is 6. The number of halogens is 1. The molecule has 4 rings (SSSR count). The van der Waals surface area contributed by atoms with Gasteiger partial charge in [-0.05, 0) is 37.1 Å². The second-order valence-electron chi connectivity index (χ2n) is 8.62. The monoisotopic (exact) mass is 496 g/mol. The van der Waals surface area contributed by atoms with E-state index in [4.69, 9.17) is 9.47 Å². The van der Waals surface area contributed by atoms with Crippen LogP contribution in [0.5, 0.6) is 5.75 Å². The Hall–Kier alpha value is -4.05. The third-order valence-electron chi connectivity index (χ3n) is 5.25. The van der Waals surface area contributed by atoms with E-state index in [2.05, 4.69) is 16.0 Å². The van der Waals surface area contributed by atoms with Gasteiger partial charge in [0.1, 0.15) is 23.8 Å². The number of rotatable bonds is 6. The Morgan fingerprint density at radius 1 is 1.14 bits per heavy atom. The van der Waals surface area contributed by atoms with Gasteiger partial charge in [-0.2, -0.15) is 0 Å². The predicted molar refractivity (Wildman–Crippen MR) is 131 cm³/mol. The topological polar surface area (TPSA) is 126 Å². The van der Waals surface area contributed by atoms with E-state index in [-0.39, 0.29) is 36.3 Å². The molecule has 1 aliphatic rings. The van der Waals surface area contributed by atoms with Crippen LogP contribution in [0.15, 0.2) is 59.4 Å². The molecule has 2 aromatic carbocycles. The zero-order valence-electron chi connectivity index (χ0n) is 20.4. The molecule has 1 aromatic heterocycles. The molecule has 10 heteroatoms. The molecule has 0 spiro atoms. The molecule has 0 aliphatic carbocycles. The van der Waals surface area contributed by atoms with Gasteiger partial charge in [0.05, 0.1) is 13.2 Å². The predicted octanol–water partition coefficient (Wildman–Crippen LogP) is 2.65. The van der Waals surface area contributed by atoms with Crippen molar-refractivity contribution in [2.75, 3.05) is 6.61 Å². The number of carbonyl (C=O) groups is 2. The second kappa shape index (κ2) is 11.6. The molecule has 0 fully saturated rings. The number of aromatic nitrogens is 2. The molecule has 0 bridgehead atoms. The van der Waals surface area contributed by atoms with E-state index < -0.39 is 17.1 Å². The van der Waals surface area contributed by atoms with Crippen LogP contribution < -0.4 is 21.3 Å². The number of primary amides is 1. The third kappa shape index (κ3) is 6.76. The quantitative estimate of drug-likeness (QED) is 0.541. The molecule has 2 heterocycles. The molecular formula is C26H29FN4O5. The number of nitrogens with one attached hydrogen (secondary N) is 1. The van der Waals surface area contributed by atoms with Gasteiger partial charge in [-0.25, -0.2) is 9.37 Å². The standard InChI is InChI=1S/C24H24FN3O4.C2H5NO/c1-24(2)23-27-19(21(29)26-14-16-8-10-18(25)11-9-16)20(22(30)28(23)12-13-32-24)31-15-17-6-4-3-5-7-17;1-2(3)4/h3-11H,12-15H2,1-2H3,(H,26,29);1H3,(H2,3,4). The van der Waals surface area contributed by atoms with Crippen molar-refractivity contribution in [3.63, 3.8) is 0 Å². The summed E-state index contributed by atoms with van der Waals surface area (Å²) in [5, 5.41) is 2.74. The molecule has 190 valence electrons. The smallest absolute Gasteiger partial charge is 0.296 e. The van der Waals surface area contributed by atoms with E-state index in [1.54, 1.807) is 26.0 Å². The largest absolute Gasteiger partial charge is 0.481 e. The van der Waals surface area contributed by atoms with Crippen LogP contribution in [0.25, 0.3) is 0 Å². The zero-order chi connectivity index (χ0) is 26.3. The van der Waals surface area contributed by atoms with Crippen LogP contribution in [0, 0.1) is 5.82 Å². The average Bonchev–Trinajstić information content (AvgIpc) is 2.83. The van der Waals surface area contributed by atoms with Gasteiger partial charge in [-0.3, -0.25) is 19.0 Å². The molecule has 36 heavy (non-hydrogen) atoms. The van der Waals surface area contributed by atoms with Crippen LogP contribution in [0.3, 0.4) is 0 Å². The van der Waals surface area contributed by atoms with Crippen LogP contribution in [0.1, 0.15) is 48.2 Å². The minimum absolute atomic E-state index is 0.0992. The summed E-state index contributed by atoms with van der Waals surface area (Å²) in [6.07, 6.45) is 0. The highest BCUT2D eigenvalue weighted by Gasteiger charge is 2.34. The van der Waals surface area contributed by atoms with E-state index in [9.17, 15) is 18.8 Å². The lowest BCUT2D eigenvalue weighted by molar-refractivity contribution is -0.115. The summed E-state index contributed by atoms with van der Waals surface area (Å²) in [5.74, 6) is -0.984. The summed E-state index contributed by atoms with van der Waals surface area (Å²) >= 11 is 0. The molecule has 0 saturated heterocycles. The summed E-state index contributed by atoms with van der Waals surface area (Å²) in [5.41, 5.74) is 4.69. The molecule has 9 nitrogen and oxygen atoms in total. The summed E-state index contributed by atoms with van der Waals surface area (Å²) in [7, 11) is 0. The van der Waals surface area contributed by atoms with Gasteiger partial charge in [0.25, 0.3) is 11.5 Å². The van der Waals surface area contributed by atoms with Crippen molar-refractivity contribution in [2.45, 2.75) is 46.1 Å². The van der Waals surface area contributed by atoms with Gasteiger partial charge in [-0.1, -0.05) is 42.5 Å². The maximum Gasteiger partial charge on any atom is 0.296 e. The van der Waals surface area contributed by atoms with Crippen LogP contribution in [0.4, 0.5) is 4.39 Å². The first-order chi connectivity index (χ1) is 17.1. The molecule has 2 amide bonds. The Morgan fingerprint density at radius 2 is 1.78 bits per heavy atom. The molecular weight excluding hydrogens is 467 g/mol.